The molecule has 1 heterocycles. The molecule has 11 heteroatoms. The van der Waals surface area contributed by atoms with Gasteiger partial charge in [-0.05, 0) is 24.3 Å². The summed E-state index contributed by atoms with van der Waals surface area (Å²) in [6, 6.07) is 19.8. The predicted octanol–water partition coefficient (Wildman–Crippen LogP) is 2.67. The van der Waals surface area contributed by atoms with E-state index in [1.165, 1.54) is 13.2 Å². The molecule has 0 spiro atoms. The quantitative estimate of drug-likeness (QED) is 0.161. The fourth-order valence-corrected chi connectivity index (χ4v) is 4.41. The average Bonchev–Trinajstić information content (AvgIpc) is 3.28. The van der Waals surface area contributed by atoms with Gasteiger partial charge in [0, 0.05) is 16.7 Å². The maximum absolute atomic E-state index is 13.2. The molecule has 0 aliphatic heterocycles. The second kappa shape index (κ2) is 9.49. The number of aliphatic imine (C=N–C) groups is 1. The number of hydrogen-bond donors (Lipinski definition) is 3. The molecule has 0 aliphatic carbocycles. The highest BCUT2D eigenvalue weighted by Crippen LogP contribution is 2.33. The summed E-state index contributed by atoms with van der Waals surface area (Å²) in [5.74, 6) is -3.88. The fourth-order valence-electron chi connectivity index (χ4n) is 3.68. The number of aromatic nitrogens is 2. The summed E-state index contributed by atoms with van der Waals surface area (Å²) in [6.07, 6.45) is 0. The standard InChI is InChI=1S/C24H20N4O6S/c1-34-24(15-10-6-3-7-11-15)28-23(30)19(21(25)29)18-17(35(31,32)33)13-12-16-20(18)27-22(26-16)14-8-4-2-5-9-14/h2-13,19H,1H3,(H2,25,29)(H,26,27)(H,31,32,33). The smallest absolute Gasteiger partial charge is 0.294 e. The Kier molecular flexibility index (Phi) is 6.45. The molecule has 0 aliphatic rings. The number of H-pyrrole nitrogens is 1. The van der Waals surface area contributed by atoms with E-state index in [-0.39, 0.29) is 17.0 Å². The number of nitrogens with one attached hydrogen (secondary N) is 1. The predicted molar refractivity (Wildman–Crippen MR) is 128 cm³/mol. The fraction of sp³-hybridized carbons (Fsp3) is 0.0833. The summed E-state index contributed by atoms with van der Waals surface area (Å²) in [5, 5.41) is 0. The maximum atomic E-state index is 13.2. The molecular formula is C24H20N4O6S. The van der Waals surface area contributed by atoms with Gasteiger partial charge in [0.05, 0.1) is 18.1 Å². The first kappa shape index (κ1) is 23.8. The van der Waals surface area contributed by atoms with E-state index in [1.807, 2.05) is 6.07 Å². The van der Waals surface area contributed by atoms with E-state index in [0.29, 0.717) is 22.5 Å². The molecule has 0 saturated carbocycles. The van der Waals surface area contributed by atoms with Crippen LogP contribution in [0.2, 0.25) is 0 Å². The number of rotatable bonds is 6. The van der Waals surface area contributed by atoms with Crippen LogP contribution in [-0.2, 0) is 24.4 Å². The normalized spacial score (nSPS) is 12.9. The van der Waals surface area contributed by atoms with E-state index in [4.69, 9.17) is 10.5 Å². The van der Waals surface area contributed by atoms with Crippen molar-refractivity contribution in [3.8, 4) is 11.4 Å². The van der Waals surface area contributed by atoms with Gasteiger partial charge in [-0.25, -0.2) is 4.98 Å². The van der Waals surface area contributed by atoms with E-state index in [2.05, 4.69) is 15.0 Å². The van der Waals surface area contributed by atoms with Crippen LogP contribution < -0.4 is 5.73 Å². The number of carbonyl (C=O) groups is 2. The minimum absolute atomic E-state index is 0.0231. The molecule has 0 saturated heterocycles. The Morgan fingerprint density at radius 2 is 1.66 bits per heavy atom. The third-order valence-corrected chi connectivity index (χ3v) is 6.14. The van der Waals surface area contributed by atoms with Crippen molar-refractivity contribution in [3.63, 3.8) is 0 Å². The molecule has 178 valence electrons. The molecule has 4 N–H and O–H groups in total. The molecule has 0 radical (unpaired) electrons. The third kappa shape index (κ3) is 4.81. The van der Waals surface area contributed by atoms with Crippen molar-refractivity contribution in [2.45, 2.75) is 10.8 Å². The van der Waals surface area contributed by atoms with Gasteiger partial charge in [-0.3, -0.25) is 14.1 Å². The van der Waals surface area contributed by atoms with Crippen LogP contribution in [0.1, 0.15) is 17.0 Å². The molecule has 1 unspecified atom stereocenters. The zero-order valence-corrected chi connectivity index (χ0v) is 19.2. The van der Waals surface area contributed by atoms with Crippen LogP contribution in [0.25, 0.3) is 22.4 Å². The molecule has 1 atom stereocenters. The van der Waals surface area contributed by atoms with Crippen LogP contribution in [0.4, 0.5) is 0 Å². The molecule has 4 aromatic rings. The van der Waals surface area contributed by atoms with Gasteiger partial charge in [-0.15, -0.1) is 0 Å². The first-order valence-electron chi connectivity index (χ1n) is 10.3. The second-order valence-corrected chi connectivity index (χ2v) is 8.85. The van der Waals surface area contributed by atoms with Crippen LogP contribution in [0, 0.1) is 0 Å². The highest BCUT2D eigenvalue weighted by atomic mass is 32.2. The number of fused-ring (bicyclic) bond motifs is 1. The summed E-state index contributed by atoms with van der Waals surface area (Å²) in [6.45, 7) is 0. The van der Waals surface area contributed by atoms with Gasteiger partial charge < -0.3 is 15.5 Å². The summed E-state index contributed by atoms with van der Waals surface area (Å²) in [7, 11) is -3.58. The van der Waals surface area contributed by atoms with Crippen molar-refractivity contribution in [2.24, 2.45) is 10.7 Å². The number of methoxy groups -OCH3 is 1. The summed E-state index contributed by atoms with van der Waals surface area (Å²) in [5.41, 5.74) is 6.61. The van der Waals surface area contributed by atoms with Crippen LogP contribution in [0.3, 0.4) is 0 Å². The van der Waals surface area contributed by atoms with Gasteiger partial charge in [-0.2, -0.15) is 13.4 Å². The molecule has 35 heavy (non-hydrogen) atoms. The topological polar surface area (TPSA) is 165 Å². The van der Waals surface area contributed by atoms with E-state index in [1.54, 1.807) is 54.6 Å². The molecule has 10 nitrogen and oxygen atoms in total. The molecule has 2 amide bonds. The first-order valence-corrected chi connectivity index (χ1v) is 11.7. The van der Waals surface area contributed by atoms with Crippen LogP contribution in [0.15, 0.2) is 82.7 Å². The average molecular weight is 493 g/mol. The number of hydrogen-bond acceptors (Lipinski definition) is 6. The molecule has 0 bridgehead atoms. The zero-order chi connectivity index (χ0) is 25.2. The summed E-state index contributed by atoms with van der Waals surface area (Å²) in [4.78, 5) is 36.4. The molecule has 3 aromatic carbocycles. The Bertz CT molecular complexity index is 1550. The van der Waals surface area contributed by atoms with Crippen molar-refractivity contribution >= 4 is 38.9 Å². The number of aromatic amines is 1. The third-order valence-electron chi connectivity index (χ3n) is 5.22. The van der Waals surface area contributed by atoms with Crippen molar-refractivity contribution in [1.82, 2.24) is 9.97 Å². The number of imidazole rings is 1. The number of carbonyl (C=O) groups excluding carboxylic acids is 2. The Hall–Kier alpha value is -4.35. The van der Waals surface area contributed by atoms with E-state index >= 15 is 0 Å². The largest absolute Gasteiger partial charge is 0.480 e. The minimum Gasteiger partial charge on any atom is -0.480 e. The number of nitrogens with two attached hydrogens (primary N) is 1. The van der Waals surface area contributed by atoms with Crippen molar-refractivity contribution in [2.75, 3.05) is 7.11 Å². The monoisotopic (exact) mass is 492 g/mol. The van der Waals surface area contributed by atoms with E-state index in [9.17, 15) is 22.6 Å². The van der Waals surface area contributed by atoms with Crippen LogP contribution in [-0.4, -0.2) is 47.8 Å². The van der Waals surface area contributed by atoms with Crippen molar-refractivity contribution < 1.29 is 27.3 Å². The number of primary amides is 1. The second-order valence-electron chi connectivity index (χ2n) is 7.46. The molecule has 4 rings (SSSR count). The van der Waals surface area contributed by atoms with Gasteiger partial charge in [0.2, 0.25) is 11.8 Å². The lowest BCUT2D eigenvalue weighted by Gasteiger charge is -2.15. The number of amides is 2. The lowest BCUT2D eigenvalue weighted by molar-refractivity contribution is -0.128. The minimum atomic E-state index is -4.87. The van der Waals surface area contributed by atoms with Crippen LogP contribution in [0.5, 0.6) is 0 Å². The van der Waals surface area contributed by atoms with Crippen LogP contribution >= 0.6 is 0 Å². The van der Waals surface area contributed by atoms with Gasteiger partial charge in [0.25, 0.3) is 16.0 Å². The van der Waals surface area contributed by atoms with Crippen molar-refractivity contribution in [3.05, 3.63) is 83.9 Å². The molecule has 1 aromatic heterocycles. The lowest BCUT2D eigenvalue weighted by Crippen LogP contribution is -2.30. The highest BCUT2D eigenvalue weighted by molar-refractivity contribution is 7.86. The number of benzene rings is 3. The highest BCUT2D eigenvalue weighted by Gasteiger charge is 2.35. The van der Waals surface area contributed by atoms with Crippen molar-refractivity contribution in [1.29, 1.82) is 0 Å². The maximum Gasteiger partial charge on any atom is 0.294 e. The van der Waals surface area contributed by atoms with E-state index in [0.717, 1.165) is 6.07 Å². The Morgan fingerprint density at radius 3 is 2.23 bits per heavy atom. The van der Waals surface area contributed by atoms with E-state index < -0.39 is 32.7 Å². The Balaban J connectivity index is 1.95. The van der Waals surface area contributed by atoms with Gasteiger partial charge in [-0.1, -0.05) is 48.5 Å². The van der Waals surface area contributed by atoms with Gasteiger partial charge in [0.1, 0.15) is 16.6 Å². The van der Waals surface area contributed by atoms with Gasteiger partial charge in [0.15, 0.2) is 0 Å². The first-order chi connectivity index (χ1) is 16.7. The zero-order valence-electron chi connectivity index (χ0n) is 18.4. The molecular weight excluding hydrogens is 472 g/mol. The SMILES string of the molecule is COC(=NC(=O)C(C(N)=O)c1c(S(=O)(=O)O)ccc2[nH]c(-c3ccccc3)nc12)c1ccccc1. The summed E-state index contributed by atoms with van der Waals surface area (Å²) < 4.78 is 39.5. The molecule has 0 fully saturated rings. The number of ether oxygens (including phenoxy) is 1. The Labute approximate surface area is 200 Å². The lowest BCUT2D eigenvalue weighted by atomic mass is 9.96. The Morgan fingerprint density at radius 1 is 1.03 bits per heavy atom. The number of nitrogens with zero attached hydrogens (tertiary/aromatic N) is 2. The van der Waals surface area contributed by atoms with Gasteiger partial charge >= 0.3 is 0 Å². The summed E-state index contributed by atoms with van der Waals surface area (Å²) >= 11 is 0.